The molecule has 2 rings (SSSR count). The van der Waals surface area contributed by atoms with Gasteiger partial charge in [0, 0.05) is 18.2 Å². The molecule has 0 unspecified atom stereocenters. The van der Waals surface area contributed by atoms with Gasteiger partial charge in [0.1, 0.15) is 11.5 Å². The first-order valence-corrected chi connectivity index (χ1v) is 6.23. The van der Waals surface area contributed by atoms with Gasteiger partial charge < -0.3 is 15.2 Å². The predicted octanol–water partition coefficient (Wildman–Crippen LogP) is 2.81. The van der Waals surface area contributed by atoms with Crippen molar-refractivity contribution in [3.8, 4) is 17.2 Å². The molecule has 110 valence electrons. The van der Waals surface area contributed by atoms with Crippen molar-refractivity contribution >= 4 is 5.69 Å². The second-order valence-electron chi connectivity index (χ2n) is 4.40. The van der Waals surface area contributed by atoms with E-state index in [0.29, 0.717) is 17.2 Å². The van der Waals surface area contributed by atoms with Crippen LogP contribution >= 0.6 is 0 Å². The summed E-state index contributed by atoms with van der Waals surface area (Å²) in [6.45, 7) is 1.82. The van der Waals surface area contributed by atoms with Gasteiger partial charge in [-0.3, -0.25) is 15.1 Å². The van der Waals surface area contributed by atoms with E-state index >= 15 is 0 Å². The van der Waals surface area contributed by atoms with Gasteiger partial charge in [0.2, 0.25) is 5.75 Å². The Bertz CT molecular complexity index is 641. The molecule has 0 aliphatic carbocycles. The number of ether oxygens (including phenoxy) is 2. The van der Waals surface area contributed by atoms with E-state index in [0.717, 1.165) is 0 Å². The summed E-state index contributed by atoms with van der Waals surface area (Å²) in [6.07, 6.45) is 1.47. The number of hydrogen-bond acceptors (Lipinski definition) is 6. The van der Waals surface area contributed by atoms with Crippen LogP contribution in [0, 0.1) is 10.1 Å². The van der Waals surface area contributed by atoms with Crippen LogP contribution < -0.4 is 15.2 Å². The lowest BCUT2D eigenvalue weighted by atomic mass is 10.2. The summed E-state index contributed by atoms with van der Waals surface area (Å²) in [5, 5.41) is 11.0. The molecular formula is C14H15N3O4. The first-order valence-electron chi connectivity index (χ1n) is 6.23. The van der Waals surface area contributed by atoms with Crippen LogP contribution in [0.4, 0.5) is 5.69 Å². The summed E-state index contributed by atoms with van der Waals surface area (Å²) in [5.74, 6) is 0.946. The van der Waals surface area contributed by atoms with E-state index in [1.165, 1.54) is 31.5 Å². The number of benzene rings is 1. The minimum atomic E-state index is -0.515. The highest BCUT2D eigenvalue weighted by atomic mass is 16.6. The van der Waals surface area contributed by atoms with Gasteiger partial charge in [0.15, 0.2) is 0 Å². The van der Waals surface area contributed by atoms with Crippen molar-refractivity contribution in [1.29, 1.82) is 0 Å². The fourth-order valence-corrected chi connectivity index (χ4v) is 1.70. The van der Waals surface area contributed by atoms with Crippen LogP contribution in [0.15, 0.2) is 36.5 Å². The number of pyridine rings is 1. The van der Waals surface area contributed by atoms with Crippen molar-refractivity contribution in [2.24, 2.45) is 5.73 Å². The van der Waals surface area contributed by atoms with Gasteiger partial charge in [-0.05, 0) is 25.1 Å². The third-order valence-electron chi connectivity index (χ3n) is 2.82. The fraction of sp³-hybridized carbons (Fsp3) is 0.214. The molecule has 0 amide bonds. The number of nitro benzene ring substituents is 1. The third kappa shape index (κ3) is 3.46. The molecule has 0 saturated carbocycles. The highest BCUT2D eigenvalue weighted by Gasteiger charge is 2.17. The number of aromatic nitrogens is 1. The fourth-order valence-electron chi connectivity index (χ4n) is 1.70. The maximum Gasteiger partial charge on any atom is 0.311 e. The number of nitrogens with zero attached hydrogens (tertiary/aromatic N) is 2. The van der Waals surface area contributed by atoms with E-state index in [-0.39, 0.29) is 17.5 Å². The normalized spacial score (nSPS) is 11.8. The van der Waals surface area contributed by atoms with Gasteiger partial charge in [-0.15, -0.1) is 0 Å². The standard InChI is InChI=1S/C14H15N3O4/c1-9(15)12-5-3-11(8-16-12)21-14-7-10(20-2)4-6-13(14)17(18)19/h3-9H,15H2,1-2H3/t9-/m1/s1. The van der Waals surface area contributed by atoms with E-state index in [2.05, 4.69) is 4.98 Å². The molecule has 0 fully saturated rings. The predicted molar refractivity (Wildman–Crippen MR) is 76.6 cm³/mol. The molecule has 21 heavy (non-hydrogen) atoms. The second-order valence-corrected chi connectivity index (χ2v) is 4.40. The van der Waals surface area contributed by atoms with Crippen LogP contribution in [0.25, 0.3) is 0 Å². The Labute approximate surface area is 121 Å². The molecule has 0 spiro atoms. The van der Waals surface area contributed by atoms with E-state index in [1.54, 1.807) is 12.1 Å². The highest BCUT2D eigenvalue weighted by Crippen LogP contribution is 2.34. The van der Waals surface area contributed by atoms with E-state index in [9.17, 15) is 10.1 Å². The topological polar surface area (TPSA) is 101 Å². The largest absolute Gasteiger partial charge is 0.497 e. The smallest absolute Gasteiger partial charge is 0.311 e. The number of nitro groups is 1. The zero-order valence-electron chi connectivity index (χ0n) is 11.6. The van der Waals surface area contributed by atoms with Gasteiger partial charge in [-0.2, -0.15) is 0 Å². The van der Waals surface area contributed by atoms with E-state index < -0.39 is 4.92 Å². The number of rotatable bonds is 5. The Morgan fingerprint density at radius 2 is 2.00 bits per heavy atom. The minimum absolute atomic E-state index is 0.0923. The molecule has 1 atom stereocenters. The zero-order valence-corrected chi connectivity index (χ0v) is 11.6. The molecule has 0 bridgehead atoms. The van der Waals surface area contributed by atoms with E-state index in [4.69, 9.17) is 15.2 Å². The van der Waals surface area contributed by atoms with Crippen LogP contribution in [0.5, 0.6) is 17.2 Å². The van der Waals surface area contributed by atoms with E-state index in [1.807, 2.05) is 6.92 Å². The zero-order chi connectivity index (χ0) is 15.4. The monoisotopic (exact) mass is 289 g/mol. The van der Waals surface area contributed by atoms with Gasteiger partial charge >= 0.3 is 5.69 Å². The first kappa shape index (κ1) is 14.7. The third-order valence-corrected chi connectivity index (χ3v) is 2.82. The van der Waals surface area contributed by atoms with Crippen molar-refractivity contribution in [3.63, 3.8) is 0 Å². The maximum atomic E-state index is 11.0. The average molecular weight is 289 g/mol. The molecule has 1 aromatic heterocycles. The second kappa shape index (κ2) is 6.19. The minimum Gasteiger partial charge on any atom is -0.497 e. The summed E-state index contributed by atoms with van der Waals surface area (Å²) in [6, 6.07) is 7.48. The molecule has 7 heteroatoms. The summed E-state index contributed by atoms with van der Waals surface area (Å²) < 4.78 is 10.6. The van der Waals surface area contributed by atoms with Crippen molar-refractivity contribution in [2.45, 2.75) is 13.0 Å². The molecule has 1 aromatic carbocycles. The summed E-state index contributed by atoms with van der Waals surface area (Å²) in [4.78, 5) is 14.6. The van der Waals surface area contributed by atoms with Crippen molar-refractivity contribution in [3.05, 3.63) is 52.3 Å². The SMILES string of the molecule is COc1ccc([N+](=O)[O-])c(Oc2ccc([C@@H](C)N)nc2)c1. The Balaban J connectivity index is 2.31. The lowest BCUT2D eigenvalue weighted by Gasteiger charge is -2.09. The van der Waals surface area contributed by atoms with Gasteiger partial charge in [-0.25, -0.2) is 0 Å². The molecule has 2 N–H and O–H groups in total. The highest BCUT2D eigenvalue weighted by molar-refractivity contribution is 5.52. The van der Waals surface area contributed by atoms with Crippen LogP contribution in [0.3, 0.4) is 0 Å². The first-order chi connectivity index (χ1) is 10.0. The number of nitrogens with two attached hydrogens (primary N) is 1. The lowest BCUT2D eigenvalue weighted by molar-refractivity contribution is -0.385. The molecule has 0 saturated heterocycles. The molecule has 0 aliphatic heterocycles. The Morgan fingerprint density at radius 3 is 2.52 bits per heavy atom. The summed E-state index contributed by atoms with van der Waals surface area (Å²) in [5.41, 5.74) is 6.27. The summed E-state index contributed by atoms with van der Waals surface area (Å²) in [7, 11) is 1.48. The summed E-state index contributed by atoms with van der Waals surface area (Å²) >= 11 is 0. The number of hydrogen-bond donors (Lipinski definition) is 1. The Kier molecular flexibility index (Phi) is 4.34. The molecule has 1 heterocycles. The number of methoxy groups -OCH3 is 1. The van der Waals surface area contributed by atoms with Crippen molar-refractivity contribution in [2.75, 3.05) is 7.11 Å². The van der Waals surface area contributed by atoms with Crippen molar-refractivity contribution in [1.82, 2.24) is 4.98 Å². The van der Waals surface area contributed by atoms with Crippen LogP contribution in [0.1, 0.15) is 18.7 Å². The molecule has 2 aromatic rings. The lowest BCUT2D eigenvalue weighted by Crippen LogP contribution is -2.06. The van der Waals surface area contributed by atoms with Crippen molar-refractivity contribution < 1.29 is 14.4 Å². The molecule has 7 nitrogen and oxygen atoms in total. The Morgan fingerprint density at radius 1 is 1.29 bits per heavy atom. The van der Waals surface area contributed by atoms with Crippen LogP contribution in [0.2, 0.25) is 0 Å². The maximum absolute atomic E-state index is 11.0. The Hall–Kier alpha value is -2.67. The molecule has 0 radical (unpaired) electrons. The van der Waals surface area contributed by atoms with Gasteiger partial charge in [0.25, 0.3) is 0 Å². The average Bonchev–Trinajstić information content (AvgIpc) is 2.47. The van der Waals surface area contributed by atoms with Gasteiger partial charge in [0.05, 0.1) is 23.9 Å². The van der Waals surface area contributed by atoms with Crippen LogP contribution in [-0.2, 0) is 0 Å². The molecule has 0 aliphatic rings. The van der Waals surface area contributed by atoms with Gasteiger partial charge in [-0.1, -0.05) is 0 Å². The van der Waals surface area contributed by atoms with Crippen LogP contribution in [-0.4, -0.2) is 17.0 Å². The quantitative estimate of drug-likeness (QED) is 0.671. The molecular weight excluding hydrogens is 274 g/mol.